The minimum atomic E-state index is -6.76. The minimum Gasteiger partial charge on any atom is -0.0654 e. The third kappa shape index (κ3) is 31.2. The molecule has 0 bridgehead atoms. The van der Waals surface area contributed by atoms with E-state index in [0.717, 1.165) is 57.8 Å². The van der Waals surface area contributed by atoms with Crippen molar-refractivity contribution in [1.82, 2.24) is 0 Å². The summed E-state index contributed by atoms with van der Waals surface area (Å²) in [6, 6.07) is 0. The van der Waals surface area contributed by atoms with Crippen LogP contribution < -0.4 is 0 Å². The van der Waals surface area contributed by atoms with Crippen LogP contribution in [0.2, 0.25) is 0 Å². The first-order valence-corrected chi connectivity index (χ1v) is 29.5. The molecule has 0 fully saturated rings. The molecule has 0 N–H and O–H groups in total. The number of hydrogen-bond acceptors (Lipinski definition) is 6. The number of rotatable bonds is 47. The van der Waals surface area contributed by atoms with Crippen LogP contribution in [0.15, 0.2) is 0 Å². The van der Waals surface area contributed by atoms with Crippen LogP contribution in [0.1, 0.15) is 304 Å². The molecule has 0 aromatic rings. The van der Waals surface area contributed by atoms with Gasteiger partial charge in [0.2, 0.25) is 0 Å². The van der Waals surface area contributed by atoms with Gasteiger partial charge in [0.15, 0.2) is 0 Å². The van der Waals surface area contributed by atoms with Gasteiger partial charge in [0, 0.05) is 0 Å². The van der Waals surface area contributed by atoms with Crippen LogP contribution in [0.4, 0.5) is 0 Å². The van der Waals surface area contributed by atoms with Crippen molar-refractivity contribution in [1.29, 1.82) is 0 Å². The minimum absolute atomic E-state index is 0.0401. The first-order valence-electron chi connectivity index (χ1n) is 26.0. The number of carbonyl (C=O) groups excluding carboxylic acids is 3. The van der Waals surface area contributed by atoms with E-state index in [1.165, 1.54) is 173 Å². The third-order valence-electron chi connectivity index (χ3n) is 12.2. The summed E-state index contributed by atoms with van der Waals surface area (Å²) in [6.07, 6.45) is 45.2. The quantitative estimate of drug-likeness (QED) is 0.0448. The van der Waals surface area contributed by atoms with Gasteiger partial charge in [-0.15, -0.1) is 0 Å². The molecule has 0 heterocycles. The fourth-order valence-corrected chi connectivity index (χ4v) is 13.8. The van der Waals surface area contributed by atoms with E-state index >= 15 is 3.32 Å². The van der Waals surface area contributed by atoms with E-state index in [9.17, 15) is 14.4 Å². The molecule has 58 heavy (non-hydrogen) atoms. The summed E-state index contributed by atoms with van der Waals surface area (Å²) >= 11 is -6.76. The van der Waals surface area contributed by atoms with Crippen molar-refractivity contribution in [3.63, 3.8) is 0 Å². The fourth-order valence-electron chi connectivity index (χ4n) is 8.44. The molecule has 344 valence electrons. The third-order valence-corrected chi connectivity index (χ3v) is 18.3. The van der Waals surface area contributed by atoms with Crippen LogP contribution in [0.5, 0.6) is 0 Å². The summed E-state index contributed by atoms with van der Waals surface area (Å²) in [5, 5.41) is 0. The van der Waals surface area contributed by atoms with Gasteiger partial charge in [-0.1, -0.05) is 85.0 Å². The summed E-state index contributed by atoms with van der Waals surface area (Å²) in [5.41, 5.74) is 0. The Morgan fingerprint density at radius 1 is 0.345 bits per heavy atom. The Morgan fingerprint density at radius 2 is 0.552 bits per heavy atom. The molecule has 0 rings (SSSR count). The second-order valence-electron chi connectivity index (χ2n) is 18.5. The normalized spacial score (nSPS) is 12.1. The van der Waals surface area contributed by atoms with Crippen LogP contribution in [-0.4, -0.2) is 20.2 Å². The van der Waals surface area contributed by atoms with Crippen molar-refractivity contribution < 1.29 is 40.4 Å². The number of hydrogen-bond donors (Lipinski definition) is 0. The Balaban J connectivity index is 5.05. The van der Waals surface area contributed by atoms with Crippen molar-refractivity contribution >= 4 is 14.1 Å². The van der Waals surface area contributed by atoms with Gasteiger partial charge in [-0.25, -0.2) is 0 Å². The molecule has 0 unspecified atom stereocenters. The second-order valence-corrected chi connectivity index (χ2v) is 24.0. The molecule has 0 spiro atoms. The first-order chi connectivity index (χ1) is 28.1. The summed E-state index contributed by atoms with van der Waals surface area (Å²) in [7, 11) is 0. The number of carbonyl (C=O) groups is 3. The smallest absolute Gasteiger partial charge is 0.0654 e. The molecular weight excluding hydrogens is 756 g/mol. The Labute approximate surface area is 363 Å². The van der Waals surface area contributed by atoms with Gasteiger partial charge >= 0.3 is 280 Å². The maximum atomic E-state index is 15.2. The zero-order chi connectivity index (χ0) is 42.9. The molecule has 0 saturated carbocycles. The molecule has 0 aliphatic carbocycles. The van der Waals surface area contributed by atoms with Crippen LogP contribution in [0, 0.1) is 0 Å². The predicted molar refractivity (Wildman–Crippen MR) is 244 cm³/mol. The van der Waals surface area contributed by atoms with Crippen LogP contribution in [0.3, 0.4) is 0 Å². The van der Waals surface area contributed by atoms with E-state index in [1.54, 1.807) is 13.8 Å². The zero-order valence-corrected chi connectivity index (χ0v) is 41.3. The fraction of sp³-hybridized carbons (Fsp3) is 0.941. The van der Waals surface area contributed by atoms with Crippen molar-refractivity contribution in [2.75, 3.05) is 0 Å². The van der Waals surface area contributed by atoms with Gasteiger partial charge < -0.3 is 0 Å². The van der Waals surface area contributed by atoms with Gasteiger partial charge in [-0.3, -0.25) is 0 Å². The first kappa shape index (κ1) is 57.3. The van der Waals surface area contributed by atoms with E-state index < -0.39 is 36.3 Å². The average Bonchev–Trinajstić information content (AvgIpc) is 3.19. The van der Waals surface area contributed by atoms with E-state index in [-0.39, 0.29) is 19.3 Å². The Bertz CT molecular complexity index is 976. The van der Waals surface area contributed by atoms with Crippen molar-refractivity contribution in [3.05, 3.63) is 0 Å². The van der Waals surface area contributed by atoms with E-state index in [4.69, 9.17) is 6.64 Å². The number of unbranched alkanes of at least 4 members (excludes halogenated alkanes) is 36. The van der Waals surface area contributed by atoms with Gasteiger partial charge in [0.1, 0.15) is 0 Å². The molecule has 0 aromatic carbocycles. The van der Waals surface area contributed by atoms with Crippen LogP contribution in [-0.2, 0) is 40.4 Å². The molecule has 0 aromatic heterocycles. The van der Waals surface area contributed by atoms with E-state index in [1.807, 2.05) is 0 Å². The summed E-state index contributed by atoms with van der Waals surface area (Å²) in [4.78, 5) is 41.5. The van der Waals surface area contributed by atoms with Crippen molar-refractivity contribution in [2.24, 2.45) is 0 Å². The van der Waals surface area contributed by atoms with Gasteiger partial charge in [0.25, 0.3) is 0 Å². The zero-order valence-electron chi connectivity index (χ0n) is 39.7. The standard InChI is InChI=1S/C16H32O2.2C16H31O.C3H7O.O.Ti/c1-2-3-4-5-6-7-8-9-10-11-12-13-14-15-16(17)18;2*1-2-3-4-5-6-7-8-9-10-11-12-13-14-15-16-17;1-3(2)4;;/h2-15H2,1H3,(H,17,18);2*2-15H2,1H3;3H,1-2H3;;/q;;;-1;;+2/p-1. The molecule has 0 radical (unpaired) electrons. The molecule has 0 aliphatic rings. The van der Waals surface area contributed by atoms with E-state index in [0.29, 0.717) is 19.3 Å². The van der Waals surface area contributed by atoms with Crippen LogP contribution in [0.25, 0.3) is 0 Å². The van der Waals surface area contributed by atoms with Gasteiger partial charge in [-0.2, -0.15) is 0 Å². The van der Waals surface area contributed by atoms with Gasteiger partial charge in [-0.05, 0) is 0 Å². The SMILES string of the molecule is CCCCCCCCCCCCCCCC(=O)[O][Ti](=[O])([O]C(C)C)([C](=O)CCCCCCCCCCCCCCC)[C](=O)CCCCCCCCCCCCCCC. The van der Waals surface area contributed by atoms with Gasteiger partial charge in [0.05, 0.1) is 0 Å². The topological polar surface area (TPSA) is 86.7 Å². The molecule has 7 heteroatoms. The monoisotopic (exact) mass is 857 g/mol. The average molecular weight is 857 g/mol. The molecule has 0 saturated heterocycles. The summed E-state index contributed by atoms with van der Waals surface area (Å²) < 4.78 is 25.4. The van der Waals surface area contributed by atoms with Crippen molar-refractivity contribution in [3.8, 4) is 0 Å². The summed E-state index contributed by atoms with van der Waals surface area (Å²) in [6.45, 7) is 10.1. The Kier molecular flexibility index (Phi) is 39.9. The maximum absolute atomic E-state index is 15.2. The molecular formula is C51H100O6Ti. The van der Waals surface area contributed by atoms with Crippen LogP contribution >= 0.6 is 0 Å². The molecule has 0 amide bonds. The Morgan fingerprint density at radius 3 is 0.776 bits per heavy atom. The molecule has 0 atom stereocenters. The molecule has 6 nitrogen and oxygen atoms in total. The second kappa shape index (κ2) is 40.4. The predicted octanol–water partition coefficient (Wildman–Crippen LogP) is 17.3. The van der Waals surface area contributed by atoms with Crippen molar-refractivity contribution in [2.45, 2.75) is 310 Å². The summed E-state index contributed by atoms with van der Waals surface area (Å²) in [5.74, 6) is -0.715. The Hall–Kier alpha value is -0.716. The van der Waals surface area contributed by atoms with E-state index in [2.05, 4.69) is 20.8 Å². The molecule has 0 aliphatic heterocycles.